The molecule has 0 saturated carbocycles. The van der Waals surface area contributed by atoms with Gasteiger partial charge in [0.25, 0.3) is 0 Å². The quantitative estimate of drug-likeness (QED) is 0.762. The predicted molar refractivity (Wildman–Crippen MR) is 92.3 cm³/mol. The van der Waals surface area contributed by atoms with E-state index in [0.29, 0.717) is 6.04 Å². The van der Waals surface area contributed by atoms with Crippen LogP contribution in [-0.4, -0.2) is 57.4 Å². The van der Waals surface area contributed by atoms with Gasteiger partial charge in [-0.1, -0.05) is 6.07 Å². The third kappa shape index (κ3) is 4.83. The Bertz CT molecular complexity index is 483. The number of benzene rings is 1. The van der Waals surface area contributed by atoms with Gasteiger partial charge in [0.05, 0.1) is 7.11 Å². The SMILES string of the molecule is COc1cc(CN[C@H]2CCNC2)ccc1OCCN1CCCC1. The van der Waals surface area contributed by atoms with Gasteiger partial charge in [-0.25, -0.2) is 0 Å². The highest BCUT2D eigenvalue weighted by Gasteiger charge is 2.14. The molecule has 1 atom stereocenters. The average Bonchev–Trinajstić information content (AvgIpc) is 3.27. The highest BCUT2D eigenvalue weighted by molar-refractivity contribution is 5.43. The Morgan fingerprint density at radius 1 is 1.26 bits per heavy atom. The lowest BCUT2D eigenvalue weighted by molar-refractivity contribution is 0.230. The van der Waals surface area contributed by atoms with Crippen molar-refractivity contribution in [1.82, 2.24) is 15.5 Å². The summed E-state index contributed by atoms with van der Waals surface area (Å²) in [6.45, 7) is 7.20. The van der Waals surface area contributed by atoms with Gasteiger partial charge >= 0.3 is 0 Å². The molecule has 2 N–H and O–H groups in total. The first-order valence-electron chi connectivity index (χ1n) is 8.81. The highest BCUT2D eigenvalue weighted by Crippen LogP contribution is 2.28. The molecular weight excluding hydrogens is 290 g/mol. The Balaban J connectivity index is 1.49. The van der Waals surface area contributed by atoms with Crippen molar-refractivity contribution in [3.05, 3.63) is 23.8 Å². The monoisotopic (exact) mass is 319 g/mol. The smallest absolute Gasteiger partial charge is 0.161 e. The molecule has 5 heteroatoms. The molecule has 0 spiro atoms. The number of ether oxygens (including phenoxy) is 2. The summed E-state index contributed by atoms with van der Waals surface area (Å²) in [6, 6.07) is 6.83. The summed E-state index contributed by atoms with van der Waals surface area (Å²) in [4.78, 5) is 2.46. The predicted octanol–water partition coefficient (Wildman–Crippen LogP) is 1.62. The minimum Gasteiger partial charge on any atom is -0.493 e. The summed E-state index contributed by atoms with van der Waals surface area (Å²) >= 11 is 0. The molecule has 3 rings (SSSR count). The Hall–Kier alpha value is -1.30. The van der Waals surface area contributed by atoms with Gasteiger partial charge in [0, 0.05) is 25.7 Å². The maximum Gasteiger partial charge on any atom is 0.161 e. The van der Waals surface area contributed by atoms with E-state index < -0.39 is 0 Å². The van der Waals surface area contributed by atoms with Gasteiger partial charge < -0.3 is 20.1 Å². The second-order valence-electron chi connectivity index (χ2n) is 6.45. The number of nitrogens with zero attached hydrogens (tertiary/aromatic N) is 1. The molecule has 0 aromatic heterocycles. The number of hydrogen-bond acceptors (Lipinski definition) is 5. The fourth-order valence-electron chi connectivity index (χ4n) is 3.32. The van der Waals surface area contributed by atoms with Crippen LogP contribution in [0.5, 0.6) is 11.5 Å². The number of likely N-dealkylation sites (tertiary alicyclic amines) is 1. The first-order valence-corrected chi connectivity index (χ1v) is 8.81. The van der Waals surface area contributed by atoms with Crippen molar-refractivity contribution in [2.75, 3.05) is 46.4 Å². The van der Waals surface area contributed by atoms with Crippen molar-refractivity contribution < 1.29 is 9.47 Å². The molecule has 2 fully saturated rings. The molecular formula is C18H29N3O2. The molecule has 1 aromatic carbocycles. The molecule has 23 heavy (non-hydrogen) atoms. The normalized spacial score (nSPS) is 21.7. The van der Waals surface area contributed by atoms with Crippen molar-refractivity contribution >= 4 is 0 Å². The topological polar surface area (TPSA) is 45.8 Å². The van der Waals surface area contributed by atoms with Gasteiger partial charge in [0.15, 0.2) is 11.5 Å². The van der Waals surface area contributed by atoms with Gasteiger partial charge in [-0.2, -0.15) is 0 Å². The van der Waals surface area contributed by atoms with Gasteiger partial charge in [-0.3, -0.25) is 4.90 Å². The molecule has 2 aliphatic heterocycles. The number of hydrogen-bond donors (Lipinski definition) is 2. The lowest BCUT2D eigenvalue weighted by atomic mass is 10.1. The number of nitrogens with one attached hydrogen (secondary N) is 2. The van der Waals surface area contributed by atoms with E-state index in [4.69, 9.17) is 9.47 Å². The van der Waals surface area contributed by atoms with Gasteiger partial charge in [0.2, 0.25) is 0 Å². The van der Waals surface area contributed by atoms with E-state index in [1.54, 1.807) is 7.11 Å². The highest BCUT2D eigenvalue weighted by atomic mass is 16.5. The molecule has 128 valence electrons. The van der Waals surface area contributed by atoms with Crippen LogP contribution < -0.4 is 20.1 Å². The van der Waals surface area contributed by atoms with Gasteiger partial charge in [-0.15, -0.1) is 0 Å². The molecule has 0 aliphatic carbocycles. The largest absolute Gasteiger partial charge is 0.493 e. The molecule has 5 nitrogen and oxygen atoms in total. The standard InChI is InChI=1S/C18H29N3O2/c1-22-18-12-15(13-20-16-6-7-19-14-16)4-5-17(18)23-11-10-21-8-2-3-9-21/h4-5,12,16,19-20H,2-3,6-11,13-14H2,1H3/t16-/m0/s1. The van der Waals surface area contributed by atoms with Gasteiger partial charge in [-0.05, 0) is 56.6 Å². The summed E-state index contributed by atoms with van der Waals surface area (Å²) in [5.41, 5.74) is 1.24. The van der Waals surface area contributed by atoms with Crippen LogP contribution in [0.2, 0.25) is 0 Å². The molecule has 0 radical (unpaired) electrons. The Morgan fingerprint density at radius 3 is 2.87 bits per heavy atom. The van der Waals surface area contributed by atoms with E-state index >= 15 is 0 Å². The van der Waals surface area contributed by atoms with E-state index in [0.717, 1.165) is 44.3 Å². The van der Waals surface area contributed by atoms with Crippen molar-refractivity contribution in [2.45, 2.75) is 31.8 Å². The molecule has 0 bridgehead atoms. The van der Waals surface area contributed by atoms with Crippen LogP contribution >= 0.6 is 0 Å². The fraction of sp³-hybridized carbons (Fsp3) is 0.667. The van der Waals surface area contributed by atoms with Crippen LogP contribution in [0.1, 0.15) is 24.8 Å². The van der Waals surface area contributed by atoms with Gasteiger partial charge in [0.1, 0.15) is 6.61 Å². The van der Waals surface area contributed by atoms with Crippen molar-refractivity contribution in [3.8, 4) is 11.5 Å². The second kappa shape index (κ2) is 8.52. The van der Waals surface area contributed by atoms with E-state index in [1.807, 2.05) is 6.07 Å². The Morgan fingerprint density at radius 2 is 2.13 bits per heavy atom. The average molecular weight is 319 g/mol. The third-order valence-electron chi connectivity index (χ3n) is 4.75. The second-order valence-corrected chi connectivity index (χ2v) is 6.45. The minimum absolute atomic E-state index is 0.581. The molecule has 1 aromatic rings. The summed E-state index contributed by atoms with van der Waals surface area (Å²) in [7, 11) is 1.71. The molecule has 2 heterocycles. The maximum atomic E-state index is 5.93. The zero-order chi connectivity index (χ0) is 15.9. The maximum absolute atomic E-state index is 5.93. The molecule has 2 saturated heterocycles. The summed E-state index contributed by atoms with van der Waals surface area (Å²) < 4.78 is 11.4. The van der Waals surface area contributed by atoms with E-state index in [2.05, 4.69) is 27.7 Å². The number of rotatable bonds is 8. The van der Waals surface area contributed by atoms with Crippen LogP contribution in [0.25, 0.3) is 0 Å². The summed E-state index contributed by atoms with van der Waals surface area (Å²) in [6.07, 6.45) is 3.85. The minimum atomic E-state index is 0.581. The van der Waals surface area contributed by atoms with Crippen molar-refractivity contribution in [2.24, 2.45) is 0 Å². The zero-order valence-electron chi connectivity index (χ0n) is 14.1. The molecule has 0 amide bonds. The fourth-order valence-corrected chi connectivity index (χ4v) is 3.32. The van der Waals surface area contributed by atoms with Crippen LogP contribution in [0.4, 0.5) is 0 Å². The van der Waals surface area contributed by atoms with Crippen molar-refractivity contribution in [3.63, 3.8) is 0 Å². The van der Waals surface area contributed by atoms with E-state index in [9.17, 15) is 0 Å². The summed E-state index contributed by atoms with van der Waals surface area (Å²) in [5.74, 6) is 1.67. The Kier molecular flexibility index (Phi) is 6.13. The van der Waals surface area contributed by atoms with Crippen LogP contribution in [0.15, 0.2) is 18.2 Å². The van der Waals surface area contributed by atoms with E-state index in [1.165, 1.54) is 37.9 Å². The lowest BCUT2D eigenvalue weighted by Crippen LogP contribution is -2.30. The van der Waals surface area contributed by atoms with Crippen molar-refractivity contribution in [1.29, 1.82) is 0 Å². The first-order chi connectivity index (χ1) is 11.3. The Labute approximate surface area is 139 Å². The molecule has 2 aliphatic rings. The lowest BCUT2D eigenvalue weighted by Gasteiger charge is -2.17. The van der Waals surface area contributed by atoms with Crippen LogP contribution in [-0.2, 0) is 6.54 Å². The van der Waals surface area contributed by atoms with Crippen LogP contribution in [0.3, 0.4) is 0 Å². The van der Waals surface area contributed by atoms with Crippen LogP contribution in [0, 0.1) is 0 Å². The zero-order valence-corrected chi connectivity index (χ0v) is 14.1. The first kappa shape index (κ1) is 16.6. The van der Waals surface area contributed by atoms with E-state index in [-0.39, 0.29) is 0 Å². The molecule has 0 unspecified atom stereocenters. The third-order valence-corrected chi connectivity index (χ3v) is 4.75. The summed E-state index contributed by atoms with van der Waals surface area (Å²) in [5, 5.41) is 6.96. The number of methoxy groups -OCH3 is 1.